The summed E-state index contributed by atoms with van der Waals surface area (Å²) in [5, 5.41) is 2.97. The molecule has 1 fully saturated rings. The maximum atomic E-state index is 12.8. The zero-order chi connectivity index (χ0) is 19.3. The molecule has 1 aliphatic heterocycles. The molecule has 1 aliphatic rings. The zero-order valence-electron chi connectivity index (χ0n) is 15.9. The minimum absolute atomic E-state index is 0.243. The Morgan fingerprint density at radius 3 is 2.57 bits per heavy atom. The summed E-state index contributed by atoms with van der Waals surface area (Å²) in [6.07, 6.45) is 4.09. The number of aryl methyl sites for hydroxylation is 1. The third-order valence-electron chi connectivity index (χ3n) is 4.87. The lowest BCUT2D eigenvalue weighted by Gasteiger charge is -2.20. The lowest BCUT2D eigenvalue weighted by atomic mass is 10.1. The van der Waals surface area contributed by atoms with Gasteiger partial charge in [0.25, 0.3) is 5.91 Å². The fourth-order valence-corrected chi connectivity index (χ4v) is 3.49. The lowest BCUT2D eigenvalue weighted by molar-refractivity contribution is 0.102. The molecular weight excluding hydrogens is 350 g/mol. The van der Waals surface area contributed by atoms with Gasteiger partial charge in [-0.25, -0.2) is 4.98 Å². The van der Waals surface area contributed by atoms with Gasteiger partial charge < -0.3 is 15.0 Å². The van der Waals surface area contributed by atoms with Gasteiger partial charge in [-0.05, 0) is 67.8 Å². The van der Waals surface area contributed by atoms with Gasteiger partial charge in [-0.3, -0.25) is 4.79 Å². The van der Waals surface area contributed by atoms with Crippen LogP contribution in [0.4, 0.5) is 11.4 Å². The standard InChI is InChI=1S/C23H23N3O2/c1-17-16-18(11-12-21(17)26-14-5-6-15-26)25-22(27)20-10-7-13-24-23(20)28-19-8-3-2-4-9-19/h2-4,7-13,16H,5-6,14-15H2,1H3,(H,25,27). The Morgan fingerprint density at radius 1 is 1.04 bits per heavy atom. The minimum atomic E-state index is -0.243. The minimum Gasteiger partial charge on any atom is -0.438 e. The maximum absolute atomic E-state index is 12.8. The average Bonchev–Trinajstić information content (AvgIpc) is 3.24. The van der Waals surface area contributed by atoms with Crippen LogP contribution in [0.5, 0.6) is 11.6 Å². The van der Waals surface area contributed by atoms with Crippen molar-refractivity contribution in [3.63, 3.8) is 0 Å². The van der Waals surface area contributed by atoms with Crippen molar-refractivity contribution in [3.05, 3.63) is 78.0 Å². The quantitative estimate of drug-likeness (QED) is 0.681. The van der Waals surface area contributed by atoms with Gasteiger partial charge in [0, 0.05) is 30.7 Å². The Labute approximate surface area is 165 Å². The maximum Gasteiger partial charge on any atom is 0.261 e. The van der Waals surface area contributed by atoms with Gasteiger partial charge in [0.05, 0.1) is 0 Å². The van der Waals surface area contributed by atoms with Crippen molar-refractivity contribution >= 4 is 17.3 Å². The van der Waals surface area contributed by atoms with E-state index in [1.165, 1.54) is 18.5 Å². The van der Waals surface area contributed by atoms with Gasteiger partial charge in [0.2, 0.25) is 5.88 Å². The molecule has 1 aromatic heterocycles. The van der Waals surface area contributed by atoms with Crippen LogP contribution in [0, 0.1) is 6.92 Å². The van der Waals surface area contributed by atoms with E-state index in [0.29, 0.717) is 11.3 Å². The first-order valence-corrected chi connectivity index (χ1v) is 9.55. The molecule has 0 bridgehead atoms. The number of nitrogens with one attached hydrogen (secondary N) is 1. The summed E-state index contributed by atoms with van der Waals surface area (Å²) in [6, 6.07) is 18.8. The van der Waals surface area contributed by atoms with E-state index in [0.717, 1.165) is 24.3 Å². The van der Waals surface area contributed by atoms with Crippen molar-refractivity contribution in [2.24, 2.45) is 0 Å². The number of aromatic nitrogens is 1. The van der Waals surface area contributed by atoms with Crippen LogP contribution < -0.4 is 15.0 Å². The fraction of sp³-hybridized carbons (Fsp3) is 0.217. The Morgan fingerprint density at radius 2 is 1.82 bits per heavy atom. The largest absolute Gasteiger partial charge is 0.438 e. The highest BCUT2D eigenvalue weighted by molar-refractivity contribution is 6.06. The molecule has 142 valence electrons. The molecular formula is C23H23N3O2. The SMILES string of the molecule is Cc1cc(NC(=O)c2cccnc2Oc2ccccc2)ccc1N1CCCC1. The number of pyridine rings is 1. The number of nitrogens with zero attached hydrogens (tertiary/aromatic N) is 2. The summed E-state index contributed by atoms with van der Waals surface area (Å²) >= 11 is 0. The van der Waals surface area contributed by atoms with E-state index >= 15 is 0 Å². The summed E-state index contributed by atoms with van der Waals surface area (Å²) in [4.78, 5) is 19.5. The highest BCUT2D eigenvalue weighted by Crippen LogP contribution is 2.28. The Bertz CT molecular complexity index is 967. The molecule has 1 amide bonds. The number of amides is 1. The first kappa shape index (κ1) is 18.0. The highest BCUT2D eigenvalue weighted by Gasteiger charge is 2.17. The van der Waals surface area contributed by atoms with E-state index in [2.05, 4.69) is 28.2 Å². The second-order valence-electron chi connectivity index (χ2n) is 6.92. The summed E-state index contributed by atoms with van der Waals surface area (Å²) < 4.78 is 5.80. The molecule has 3 aromatic rings. The van der Waals surface area contributed by atoms with Crippen LogP contribution in [0.1, 0.15) is 28.8 Å². The molecule has 0 radical (unpaired) electrons. The third kappa shape index (κ3) is 3.98. The molecule has 0 unspecified atom stereocenters. The Kier molecular flexibility index (Phi) is 5.24. The number of carbonyl (C=O) groups excluding carboxylic acids is 1. The van der Waals surface area contributed by atoms with Crippen molar-refractivity contribution in [2.45, 2.75) is 19.8 Å². The van der Waals surface area contributed by atoms with Crippen LogP contribution in [0.15, 0.2) is 66.9 Å². The summed E-state index contributed by atoms with van der Waals surface area (Å²) in [6.45, 7) is 4.28. The highest BCUT2D eigenvalue weighted by atomic mass is 16.5. The fourth-order valence-electron chi connectivity index (χ4n) is 3.49. The first-order valence-electron chi connectivity index (χ1n) is 9.55. The Balaban J connectivity index is 1.52. The molecule has 5 heteroatoms. The van der Waals surface area contributed by atoms with Gasteiger partial charge in [-0.15, -0.1) is 0 Å². The van der Waals surface area contributed by atoms with Crippen LogP contribution >= 0.6 is 0 Å². The number of benzene rings is 2. The number of rotatable bonds is 5. The topological polar surface area (TPSA) is 54.5 Å². The van der Waals surface area contributed by atoms with Crippen molar-refractivity contribution in [1.29, 1.82) is 0 Å². The molecule has 2 aromatic carbocycles. The van der Waals surface area contributed by atoms with Crippen LogP contribution in [0.2, 0.25) is 0 Å². The Hall–Kier alpha value is -3.34. The van der Waals surface area contributed by atoms with Crippen molar-refractivity contribution in [3.8, 4) is 11.6 Å². The van der Waals surface area contributed by atoms with E-state index in [9.17, 15) is 4.79 Å². The van der Waals surface area contributed by atoms with E-state index in [4.69, 9.17) is 4.74 Å². The second-order valence-corrected chi connectivity index (χ2v) is 6.92. The molecule has 4 rings (SSSR count). The number of anilines is 2. The first-order chi connectivity index (χ1) is 13.7. The van der Waals surface area contributed by atoms with Crippen molar-refractivity contribution < 1.29 is 9.53 Å². The van der Waals surface area contributed by atoms with Crippen molar-refractivity contribution in [2.75, 3.05) is 23.3 Å². The van der Waals surface area contributed by atoms with Gasteiger partial charge in [0.1, 0.15) is 11.3 Å². The molecule has 0 spiro atoms. The molecule has 0 aliphatic carbocycles. The smallest absolute Gasteiger partial charge is 0.261 e. The molecule has 0 saturated carbocycles. The summed E-state index contributed by atoms with van der Waals surface area (Å²) in [7, 11) is 0. The summed E-state index contributed by atoms with van der Waals surface area (Å²) in [5.41, 5.74) is 3.56. The molecule has 1 N–H and O–H groups in total. The molecule has 2 heterocycles. The van der Waals surface area contributed by atoms with Crippen LogP contribution in [0.25, 0.3) is 0 Å². The van der Waals surface area contributed by atoms with Gasteiger partial charge >= 0.3 is 0 Å². The monoisotopic (exact) mass is 373 g/mol. The number of hydrogen-bond acceptors (Lipinski definition) is 4. The van der Waals surface area contributed by atoms with E-state index < -0.39 is 0 Å². The molecule has 0 atom stereocenters. The van der Waals surface area contributed by atoms with E-state index in [1.54, 1.807) is 18.3 Å². The molecule has 1 saturated heterocycles. The molecule has 5 nitrogen and oxygen atoms in total. The van der Waals surface area contributed by atoms with Crippen LogP contribution in [-0.4, -0.2) is 24.0 Å². The predicted octanol–water partition coefficient (Wildman–Crippen LogP) is 5.03. The third-order valence-corrected chi connectivity index (χ3v) is 4.87. The number of ether oxygens (including phenoxy) is 1. The second kappa shape index (κ2) is 8.13. The predicted molar refractivity (Wildman–Crippen MR) is 111 cm³/mol. The van der Waals surface area contributed by atoms with Gasteiger partial charge in [-0.2, -0.15) is 0 Å². The zero-order valence-corrected chi connectivity index (χ0v) is 15.9. The normalized spacial score (nSPS) is 13.4. The van der Waals surface area contributed by atoms with Crippen molar-refractivity contribution in [1.82, 2.24) is 4.98 Å². The summed E-state index contributed by atoms with van der Waals surface area (Å²) in [5.74, 6) is 0.685. The van der Waals surface area contributed by atoms with E-state index in [-0.39, 0.29) is 11.8 Å². The van der Waals surface area contributed by atoms with Crippen LogP contribution in [-0.2, 0) is 0 Å². The van der Waals surface area contributed by atoms with E-state index in [1.807, 2.05) is 42.5 Å². The van der Waals surface area contributed by atoms with Crippen LogP contribution in [0.3, 0.4) is 0 Å². The number of hydrogen-bond donors (Lipinski definition) is 1. The van der Waals surface area contributed by atoms with Gasteiger partial charge in [0.15, 0.2) is 0 Å². The number of para-hydroxylation sites is 1. The lowest BCUT2D eigenvalue weighted by Crippen LogP contribution is -2.19. The number of carbonyl (C=O) groups is 1. The average molecular weight is 373 g/mol. The molecule has 28 heavy (non-hydrogen) atoms. The van der Waals surface area contributed by atoms with Gasteiger partial charge in [-0.1, -0.05) is 18.2 Å².